The number of alkyl halides is 3. The molecule has 0 radical (unpaired) electrons. The van der Waals surface area contributed by atoms with E-state index in [4.69, 9.17) is 5.73 Å². The zero-order valence-electron chi connectivity index (χ0n) is 14.1. The first-order chi connectivity index (χ1) is 12.4. The Hall–Kier alpha value is -2.40. The highest BCUT2D eigenvalue weighted by Gasteiger charge is 2.31. The van der Waals surface area contributed by atoms with Crippen molar-refractivity contribution in [2.24, 2.45) is 16.6 Å². The average molecular weight is 356 g/mol. The van der Waals surface area contributed by atoms with Gasteiger partial charge in [0.2, 0.25) is 0 Å². The van der Waals surface area contributed by atoms with Crippen molar-refractivity contribution in [2.75, 3.05) is 0 Å². The molecule has 0 aromatic heterocycles. The molecule has 2 N–H and O–H groups in total. The lowest BCUT2D eigenvalue weighted by molar-refractivity contribution is -0.137. The summed E-state index contributed by atoms with van der Waals surface area (Å²) in [5, 5.41) is 0. The van der Waals surface area contributed by atoms with Crippen molar-refractivity contribution in [2.45, 2.75) is 31.5 Å². The molecule has 1 atom stereocenters. The molecule has 0 bridgehead atoms. The van der Waals surface area contributed by atoms with Crippen molar-refractivity contribution in [3.8, 4) is 0 Å². The molecular formula is C21H19F3N2. The third-order valence-electron chi connectivity index (χ3n) is 5.02. The molecule has 1 unspecified atom stereocenters. The van der Waals surface area contributed by atoms with E-state index >= 15 is 0 Å². The van der Waals surface area contributed by atoms with Crippen molar-refractivity contribution in [1.29, 1.82) is 0 Å². The molecule has 5 heteroatoms. The minimum atomic E-state index is -4.34. The first kappa shape index (κ1) is 17.0. The molecule has 1 aliphatic carbocycles. The minimum Gasteiger partial charge on any atom is -0.319 e. The van der Waals surface area contributed by atoms with Crippen LogP contribution in [-0.2, 0) is 6.18 Å². The number of halogens is 3. The fourth-order valence-corrected chi connectivity index (χ4v) is 3.36. The molecular weight excluding hydrogens is 337 g/mol. The summed E-state index contributed by atoms with van der Waals surface area (Å²) in [6.45, 7) is 0. The summed E-state index contributed by atoms with van der Waals surface area (Å²) in [5.74, 6) is 0.660. The van der Waals surface area contributed by atoms with E-state index in [1.165, 1.54) is 25.0 Å². The van der Waals surface area contributed by atoms with Crippen molar-refractivity contribution >= 4 is 11.3 Å². The molecule has 0 saturated heterocycles. The lowest BCUT2D eigenvalue weighted by Gasteiger charge is -2.17. The third kappa shape index (κ3) is 3.31. The average Bonchev–Trinajstić information content (AvgIpc) is 3.45. The summed E-state index contributed by atoms with van der Waals surface area (Å²) >= 11 is 0. The highest BCUT2D eigenvalue weighted by atomic mass is 19.4. The Morgan fingerprint density at radius 1 is 1.00 bits per heavy atom. The van der Waals surface area contributed by atoms with Gasteiger partial charge in [0, 0.05) is 17.5 Å². The molecule has 2 aliphatic rings. The zero-order chi connectivity index (χ0) is 18.3. The fraction of sp³-hybridized carbons (Fsp3) is 0.286. The first-order valence-corrected chi connectivity index (χ1v) is 8.73. The smallest absolute Gasteiger partial charge is 0.319 e. The maximum absolute atomic E-state index is 12.8. The van der Waals surface area contributed by atoms with E-state index in [0.717, 1.165) is 41.0 Å². The van der Waals surface area contributed by atoms with Crippen LogP contribution in [0.15, 0.2) is 59.7 Å². The molecule has 4 rings (SSSR count). The lowest BCUT2D eigenvalue weighted by Crippen LogP contribution is -2.22. The van der Waals surface area contributed by atoms with Gasteiger partial charge in [0.25, 0.3) is 0 Å². The Kier molecular flexibility index (Phi) is 4.19. The molecule has 1 aliphatic heterocycles. The summed E-state index contributed by atoms with van der Waals surface area (Å²) in [5.41, 5.74) is 10.2. The summed E-state index contributed by atoms with van der Waals surface area (Å²) in [6, 6.07) is 12.7. The van der Waals surface area contributed by atoms with Gasteiger partial charge in [-0.05, 0) is 54.0 Å². The van der Waals surface area contributed by atoms with Gasteiger partial charge in [0.15, 0.2) is 0 Å². The Morgan fingerprint density at radius 2 is 1.69 bits per heavy atom. The standard InChI is InChI=1S/C21H19F3N2/c22-21(23,24)15-9-7-14(8-10-15)18-12-26-19(11-13-5-6-13)20(25)17-4-2-1-3-16(17)18/h1-4,7-10,12-13,20H,5-6,11,25H2. The Bertz CT molecular complexity index is 875. The second-order valence-corrected chi connectivity index (χ2v) is 6.95. The van der Waals surface area contributed by atoms with E-state index in [1.807, 2.05) is 24.3 Å². The molecule has 2 nitrogen and oxygen atoms in total. The van der Waals surface area contributed by atoms with E-state index in [9.17, 15) is 13.2 Å². The maximum atomic E-state index is 12.8. The van der Waals surface area contributed by atoms with Crippen molar-refractivity contribution < 1.29 is 13.2 Å². The Labute approximate surface area is 150 Å². The molecule has 1 fully saturated rings. The Morgan fingerprint density at radius 3 is 2.35 bits per heavy atom. The monoisotopic (exact) mass is 356 g/mol. The number of fused-ring (bicyclic) bond motifs is 1. The van der Waals surface area contributed by atoms with Gasteiger partial charge in [-0.1, -0.05) is 36.4 Å². The summed E-state index contributed by atoms with van der Waals surface area (Å²) in [7, 11) is 0. The van der Waals surface area contributed by atoms with Crippen LogP contribution in [0.1, 0.15) is 47.6 Å². The van der Waals surface area contributed by atoms with Gasteiger partial charge in [0.05, 0.1) is 11.6 Å². The number of hydrogen-bond acceptors (Lipinski definition) is 2. The molecule has 0 amide bonds. The lowest BCUT2D eigenvalue weighted by atomic mass is 9.90. The SMILES string of the molecule is NC1C(CC2CC2)=NC=C(c2ccc(C(F)(F)F)cc2)c2ccccc21. The van der Waals surface area contributed by atoms with Crippen LogP contribution in [0.25, 0.3) is 5.57 Å². The summed E-state index contributed by atoms with van der Waals surface area (Å²) < 4.78 is 38.5. The quantitative estimate of drug-likeness (QED) is 0.791. The van der Waals surface area contributed by atoms with E-state index in [-0.39, 0.29) is 6.04 Å². The molecule has 2 aromatic rings. The molecule has 2 aromatic carbocycles. The second kappa shape index (κ2) is 6.40. The van der Waals surface area contributed by atoms with E-state index in [2.05, 4.69) is 4.99 Å². The van der Waals surface area contributed by atoms with E-state index < -0.39 is 11.7 Å². The molecule has 26 heavy (non-hydrogen) atoms. The van der Waals surface area contributed by atoms with Gasteiger partial charge >= 0.3 is 6.18 Å². The van der Waals surface area contributed by atoms with Gasteiger partial charge < -0.3 is 5.73 Å². The topological polar surface area (TPSA) is 38.4 Å². The predicted molar refractivity (Wildman–Crippen MR) is 96.7 cm³/mol. The van der Waals surface area contributed by atoms with Crippen molar-refractivity contribution in [3.05, 3.63) is 77.0 Å². The highest BCUT2D eigenvalue weighted by molar-refractivity contribution is 5.96. The molecule has 134 valence electrons. The van der Waals surface area contributed by atoms with Gasteiger partial charge in [-0.25, -0.2) is 0 Å². The number of aliphatic imine (C=N–C) groups is 1. The van der Waals surface area contributed by atoms with Crippen LogP contribution in [-0.4, -0.2) is 5.71 Å². The summed E-state index contributed by atoms with van der Waals surface area (Å²) in [6.07, 6.45) is 0.718. The number of rotatable bonds is 3. The normalized spacial score (nSPS) is 20.1. The summed E-state index contributed by atoms with van der Waals surface area (Å²) in [4.78, 5) is 4.64. The van der Waals surface area contributed by atoms with Crippen LogP contribution in [0.2, 0.25) is 0 Å². The van der Waals surface area contributed by atoms with E-state index in [0.29, 0.717) is 11.5 Å². The van der Waals surface area contributed by atoms with Gasteiger partial charge in [-0.15, -0.1) is 0 Å². The van der Waals surface area contributed by atoms with Crippen LogP contribution >= 0.6 is 0 Å². The second-order valence-electron chi connectivity index (χ2n) is 6.95. The van der Waals surface area contributed by atoms with Crippen LogP contribution < -0.4 is 5.73 Å². The zero-order valence-corrected chi connectivity index (χ0v) is 14.1. The number of nitrogens with zero attached hydrogens (tertiary/aromatic N) is 1. The van der Waals surface area contributed by atoms with Gasteiger partial charge in [-0.3, -0.25) is 4.99 Å². The highest BCUT2D eigenvalue weighted by Crippen LogP contribution is 2.38. The Balaban J connectivity index is 1.77. The van der Waals surface area contributed by atoms with Gasteiger partial charge in [0.1, 0.15) is 0 Å². The fourth-order valence-electron chi connectivity index (χ4n) is 3.36. The third-order valence-corrected chi connectivity index (χ3v) is 5.02. The van der Waals surface area contributed by atoms with Crippen LogP contribution in [0.3, 0.4) is 0 Å². The minimum absolute atomic E-state index is 0.282. The number of hydrogen-bond donors (Lipinski definition) is 1. The first-order valence-electron chi connectivity index (χ1n) is 8.73. The van der Waals surface area contributed by atoms with E-state index in [1.54, 1.807) is 6.20 Å². The van der Waals surface area contributed by atoms with Crippen LogP contribution in [0.5, 0.6) is 0 Å². The van der Waals surface area contributed by atoms with Gasteiger partial charge in [-0.2, -0.15) is 13.2 Å². The van der Waals surface area contributed by atoms with Crippen molar-refractivity contribution in [1.82, 2.24) is 0 Å². The molecule has 0 spiro atoms. The predicted octanol–water partition coefficient (Wildman–Crippen LogP) is 5.35. The number of nitrogens with two attached hydrogens (primary N) is 1. The molecule has 1 heterocycles. The van der Waals surface area contributed by atoms with Crippen LogP contribution in [0.4, 0.5) is 13.2 Å². The van der Waals surface area contributed by atoms with Crippen molar-refractivity contribution in [3.63, 3.8) is 0 Å². The largest absolute Gasteiger partial charge is 0.416 e. The molecule has 1 saturated carbocycles. The van der Waals surface area contributed by atoms with Crippen LogP contribution in [0, 0.1) is 5.92 Å². The number of benzene rings is 2. The maximum Gasteiger partial charge on any atom is 0.416 e.